The highest BCUT2D eigenvalue weighted by Gasteiger charge is 2.29. The van der Waals surface area contributed by atoms with E-state index >= 15 is 0 Å². The molecule has 0 unspecified atom stereocenters. The fourth-order valence-electron chi connectivity index (χ4n) is 3.97. The molecule has 0 saturated heterocycles. The molecule has 0 aliphatic heterocycles. The number of nitrogens with zero attached hydrogens (tertiary/aromatic N) is 2. The summed E-state index contributed by atoms with van der Waals surface area (Å²) in [5.41, 5.74) is 4.45. The molecule has 196 valence electrons. The number of halogens is 1. The fraction of sp³-hybridized carbons (Fsp3) is 0.286. The minimum atomic E-state index is -4.12. The van der Waals surface area contributed by atoms with E-state index in [0.717, 1.165) is 9.87 Å². The van der Waals surface area contributed by atoms with Gasteiger partial charge in [-0.2, -0.15) is 5.10 Å². The van der Waals surface area contributed by atoms with Gasteiger partial charge < -0.3 is 4.74 Å². The van der Waals surface area contributed by atoms with Crippen molar-refractivity contribution in [3.63, 3.8) is 0 Å². The quantitative estimate of drug-likeness (QED) is 0.246. The molecule has 0 spiro atoms. The lowest BCUT2D eigenvalue weighted by molar-refractivity contribution is -0.119. The van der Waals surface area contributed by atoms with Crippen LogP contribution in [0.3, 0.4) is 0 Å². The van der Waals surface area contributed by atoms with Crippen LogP contribution in [-0.2, 0) is 20.2 Å². The highest BCUT2D eigenvalue weighted by Crippen LogP contribution is 2.33. The van der Waals surface area contributed by atoms with Crippen molar-refractivity contribution in [2.75, 3.05) is 17.5 Å². The second kappa shape index (κ2) is 12.3. The average Bonchev–Trinajstić information content (AvgIpc) is 2.87. The van der Waals surface area contributed by atoms with Crippen molar-refractivity contribution in [1.29, 1.82) is 0 Å². The number of nitrogens with one attached hydrogen (secondary N) is 1. The lowest BCUT2D eigenvalue weighted by Gasteiger charge is -2.26. The van der Waals surface area contributed by atoms with Gasteiger partial charge in [0.2, 0.25) is 0 Å². The number of hydrazone groups is 1. The van der Waals surface area contributed by atoms with Crippen molar-refractivity contribution >= 4 is 38.9 Å². The van der Waals surface area contributed by atoms with Crippen molar-refractivity contribution in [3.8, 4) is 5.75 Å². The minimum Gasteiger partial charge on any atom is -0.492 e. The molecule has 3 aromatic carbocycles. The number of ether oxygens (including phenoxy) is 1. The number of para-hydroxylation sites is 2. The van der Waals surface area contributed by atoms with E-state index < -0.39 is 22.5 Å². The summed E-state index contributed by atoms with van der Waals surface area (Å²) in [5.74, 6) is -0.236. The topological polar surface area (TPSA) is 88.1 Å². The Bertz CT molecular complexity index is 1340. The van der Waals surface area contributed by atoms with Gasteiger partial charge in [-0.05, 0) is 67.6 Å². The Morgan fingerprint density at radius 1 is 1.00 bits per heavy atom. The van der Waals surface area contributed by atoms with E-state index in [4.69, 9.17) is 16.3 Å². The molecule has 37 heavy (non-hydrogen) atoms. The van der Waals surface area contributed by atoms with Gasteiger partial charge >= 0.3 is 0 Å². The molecule has 0 aliphatic carbocycles. The van der Waals surface area contributed by atoms with E-state index in [9.17, 15) is 13.2 Å². The van der Waals surface area contributed by atoms with Gasteiger partial charge in [0.1, 0.15) is 12.3 Å². The molecule has 0 saturated carbocycles. The fourth-order valence-corrected chi connectivity index (χ4v) is 5.53. The number of rotatable bonds is 11. The first-order valence-electron chi connectivity index (χ1n) is 11.9. The maximum Gasteiger partial charge on any atom is 0.264 e. The third-order valence-electron chi connectivity index (χ3n) is 5.75. The van der Waals surface area contributed by atoms with Gasteiger partial charge in [0.15, 0.2) is 0 Å². The third kappa shape index (κ3) is 7.33. The largest absolute Gasteiger partial charge is 0.492 e. The number of benzene rings is 3. The lowest BCUT2D eigenvalue weighted by Crippen LogP contribution is -2.40. The molecule has 3 rings (SSSR count). The van der Waals surface area contributed by atoms with Gasteiger partial charge in [-0.25, -0.2) is 13.8 Å². The van der Waals surface area contributed by atoms with Crippen LogP contribution >= 0.6 is 11.6 Å². The van der Waals surface area contributed by atoms with Gasteiger partial charge in [0.25, 0.3) is 15.9 Å². The van der Waals surface area contributed by atoms with Crippen LogP contribution in [0.25, 0.3) is 0 Å². The lowest BCUT2D eigenvalue weighted by atomic mass is 9.80. The summed E-state index contributed by atoms with van der Waals surface area (Å²) >= 11 is 5.96. The zero-order valence-corrected chi connectivity index (χ0v) is 23.0. The molecule has 7 nitrogen and oxygen atoms in total. The van der Waals surface area contributed by atoms with Crippen molar-refractivity contribution in [3.05, 3.63) is 89.4 Å². The second-order valence-electron chi connectivity index (χ2n) is 9.18. The van der Waals surface area contributed by atoms with E-state index in [1.54, 1.807) is 31.2 Å². The summed E-state index contributed by atoms with van der Waals surface area (Å²) in [5, 5.41) is 4.66. The molecule has 0 heterocycles. The predicted octanol–water partition coefficient (Wildman–Crippen LogP) is 5.79. The van der Waals surface area contributed by atoms with Crippen molar-refractivity contribution in [2.45, 2.75) is 44.4 Å². The number of hydrogen-bond acceptors (Lipinski definition) is 5. The number of sulfonamides is 1. The average molecular weight is 542 g/mol. The van der Waals surface area contributed by atoms with Gasteiger partial charge in [-0.1, -0.05) is 67.9 Å². The van der Waals surface area contributed by atoms with E-state index in [0.29, 0.717) is 29.5 Å². The summed E-state index contributed by atoms with van der Waals surface area (Å²) in [6, 6.07) is 22.5. The number of anilines is 1. The van der Waals surface area contributed by atoms with Crippen LogP contribution in [0.5, 0.6) is 5.75 Å². The first kappa shape index (κ1) is 28.2. The highest BCUT2D eigenvalue weighted by atomic mass is 35.5. The van der Waals surface area contributed by atoms with E-state index in [1.807, 2.05) is 25.1 Å². The zero-order valence-electron chi connectivity index (χ0n) is 21.4. The monoisotopic (exact) mass is 541 g/mol. The molecule has 0 aliphatic rings. The zero-order chi connectivity index (χ0) is 27.1. The van der Waals surface area contributed by atoms with Crippen LogP contribution in [0.2, 0.25) is 5.02 Å². The number of amides is 1. The van der Waals surface area contributed by atoms with Crippen LogP contribution in [0, 0.1) is 0 Å². The molecule has 0 fully saturated rings. The maximum absolute atomic E-state index is 13.6. The molecule has 3 aromatic rings. The van der Waals surface area contributed by atoms with Gasteiger partial charge in [-0.15, -0.1) is 0 Å². The van der Waals surface area contributed by atoms with Gasteiger partial charge in [-0.3, -0.25) is 9.10 Å². The molecule has 0 aromatic heterocycles. The molecule has 1 amide bonds. The van der Waals surface area contributed by atoms with Crippen LogP contribution in [0.15, 0.2) is 88.9 Å². The Hall–Kier alpha value is -3.36. The minimum absolute atomic E-state index is 0.000272. The van der Waals surface area contributed by atoms with Crippen LogP contribution in [-0.4, -0.2) is 33.2 Å². The first-order valence-corrected chi connectivity index (χ1v) is 13.7. The normalized spacial score (nSPS) is 12.2. The summed E-state index contributed by atoms with van der Waals surface area (Å²) < 4.78 is 33.9. The Kier molecular flexibility index (Phi) is 9.34. The van der Waals surface area contributed by atoms with Crippen molar-refractivity contribution in [1.82, 2.24) is 5.43 Å². The molecular weight excluding hydrogens is 510 g/mol. The van der Waals surface area contributed by atoms with Crippen LogP contribution in [0.4, 0.5) is 5.69 Å². The molecule has 0 bridgehead atoms. The SMILES string of the molecule is CCOc1ccccc1N(CC(=O)N/N=C(/C)CC(C)(C)c1ccccc1)S(=O)(=O)c1ccc(Cl)cc1. The smallest absolute Gasteiger partial charge is 0.264 e. The summed E-state index contributed by atoms with van der Waals surface area (Å²) in [4.78, 5) is 13.0. The van der Waals surface area contributed by atoms with E-state index in [2.05, 4.69) is 36.5 Å². The Morgan fingerprint density at radius 3 is 2.27 bits per heavy atom. The van der Waals surface area contributed by atoms with Crippen LogP contribution < -0.4 is 14.5 Å². The standard InChI is InChI=1S/C28H32ClN3O4S/c1-5-36-26-14-10-9-13-25(26)32(37(34,35)24-17-15-23(29)16-18-24)20-27(33)31-30-21(2)19-28(3,4)22-11-7-6-8-12-22/h6-18H,5,19-20H2,1-4H3,(H,31,33)/b30-21-. The van der Waals surface area contributed by atoms with E-state index in [-0.39, 0.29) is 16.0 Å². The molecule has 0 radical (unpaired) electrons. The van der Waals surface area contributed by atoms with E-state index in [1.165, 1.54) is 24.3 Å². The summed E-state index contributed by atoms with van der Waals surface area (Å²) in [7, 11) is -4.12. The second-order valence-corrected chi connectivity index (χ2v) is 11.5. The third-order valence-corrected chi connectivity index (χ3v) is 7.77. The Balaban J connectivity index is 1.85. The number of hydrogen-bond donors (Lipinski definition) is 1. The van der Waals surface area contributed by atoms with Gasteiger partial charge in [0.05, 0.1) is 17.2 Å². The Labute approximate surface area is 224 Å². The highest BCUT2D eigenvalue weighted by molar-refractivity contribution is 7.92. The summed E-state index contributed by atoms with van der Waals surface area (Å²) in [6.45, 7) is 7.68. The number of carbonyl (C=O) groups excluding carboxylic acids is 1. The van der Waals surface area contributed by atoms with Crippen molar-refractivity contribution < 1.29 is 17.9 Å². The molecule has 9 heteroatoms. The Morgan fingerprint density at radius 2 is 1.62 bits per heavy atom. The maximum atomic E-state index is 13.6. The molecule has 1 N–H and O–H groups in total. The molecule has 0 atom stereocenters. The predicted molar refractivity (Wildman–Crippen MR) is 149 cm³/mol. The number of carbonyl (C=O) groups is 1. The first-order chi connectivity index (χ1) is 17.5. The van der Waals surface area contributed by atoms with Crippen LogP contribution in [0.1, 0.15) is 39.7 Å². The van der Waals surface area contributed by atoms with Crippen molar-refractivity contribution in [2.24, 2.45) is 5.10 Å². The van der Waals surface area contributed by atoms with Gasteiger partial charge in [0, 0.05) is 10.7 Å². The molecular formula is C28H32ClN3O4S. The summed E-state index contributed by atoms with van der Waals surface area (Å²) in [6.07, 6.45) is 0.608.